The molecule has 3 aromatic heterocycles. The van der Waals surface area contributed by atoms with Gasteiger partial charge in [-0.2, -0.15) is 0 Å². The third-order valence-corrected chi connectivity index (χ3v) is 5.15. The number of carbonyl (C=O) groups excluding carboxylic acids is 1. The minimum atomic E-state index is -1.21. The average Bonchev–Trinajstić information content (AvgIpc) is 3.11. The summed E-state index contributed by atoms with van der Waals surface area (Å²) in [5.74, 6) is -0.0997. The van der Waals surface area contributed by atoms with E-state index in [2.05, 4.69) is 15.5 Å². The number of nitrogens with one attached hydrogen (secondary N) is 1. The molecule has 27 heavy (non-hydrogen) atoms. The second-order valence-corrected chi connectivity index (χ2v) is 7.03. The molecule has 0 saturated heterocycles. The Hall–Kier alpha value is -3.16. The number of furan rings is 1. The summed E-state index contributed by atoms with van der Waals surface area (Å²) in [7, 11) is 0. The van der Waals surface area contributed by atoms with Crippen molar-refractivity contribution >= 4 is 23.0 Å². The number of fused-ring (bicyclic) bond motifs is 1. The van der Waals surface area contributed by atoms with E-state index in [0.29, 0.717) is 40.9 Å². The summed E-state index contributed by atoms with van der Waals surface area (Å²) >= 11 is 0. The first kappa shape index (κ1) is 17.3. The molecule has 0 spiro atoms. The summed E-state index contributed by atoms with van der Waals surface area (Å²) in [5, 5.41) is 16.6. The third-order valence-electron chi connectivity index (χ3n) is 5.15. The SMILES string of the molecule is Cc1cc(-c2cc(C(=O)NC3(C(=O)O)CCC3)c3c(C)noc3n2)c(C)o1. The van der Waals surface area contributed by atoms with Crippen molar-refractivity contribution in [1.82, 2.24) is 15.5 Å². The number of aryl methyl sites for hydroxylation is 3. The Morgan fingerprint density at radius 2 is 1.96 bits per heavy atom. The van der Waals surface area contributed by atoms with Crippen molar-refractivity contribution in [2.75, 3.05) is 0 Å². The molecule has 4 rings (SSSR count). The standard InChI is InChI=1S/C19H19N3O5/c1-9-7-12(11(3)26-9)14-8-13(15-10(2)22-27-17(15)20-14)16(23)21-19(18(24)25)5-4-6-19/h7-8H,4-6H2,1-3H3,(H,21,23)(H,24,25). The van der Waals surface area contributed by atoms with E-state index < -0.39 is 17.4 Å². The van der Waals surface area contributed by atoms with Gasteiger partial charge in [-0.3, -0.25) is 4.79 Å². The number of hydrogen-bond acceptors (Lipinski definition) is 6. The van der Waals surface area contributed by atoms with E-state index in [0.717, 1.165) is 17.7 Å². The Morgan fingerprint density at radius 1 is 1.22 bits per heavy atom. The lowest BCUT2D eigenvalue weighted by Gasteiger charge is -2.38. The van der Waals surface area contributed by atoms with Gasteiger partial charge < -0.3 is 19.4 Å². The maximum Gasteiger partial charge on any atom is 0.329 e. The smallest absolute Gasteiger partial charge is 0.329 e. The van der Waals surface area contributed by atoms with Crippen molar-refractivity contribution in [2.45, 2.75) is 45.6 Å². The van der Waals surface area contributed by atoms with E-state index in [1.807, 2.05) is 19.9 Å². The van der Waals surface area contributed by atoms with Gasteiger partial charge in [0.15, 0.2) is 0 Å². The van der Waals surface area contributed by atoms with Crippen LogP contribution in [0.15, 0.2) is 21.1 Å². The molecule has 0 aliphatic heterocycles. The first-order valence-electron chi connectivity index (χ1n) is 8.71. The van der Waals surface area contributed by atoms with E-state index in [9.17, 15) is 14.7 Å². The maximum absolute atomic E-state index is 13.0. The third kappa shape index (κ3) is 2.68. The highest BCUT2D eigenvalue weighted by molar-refractivity contribution is 6.08. The number of aromatic nitrogens is 2. The first-order valence-corrected chi connectivity index (χ1v) is 8.71. The lowest BCUT2D eigenvalue weighted by Crippen LogP contribution is -2.59. The summed E-state index contributed by atoms with van der Waals surface area (Å²) in [5.41, 5.74) is 1.09. The van der Waals surface area contributed by atoms with E-state index in [1.54, 1.807) is 13.0 Å². The second kappa shape index (κ2) is 5.94. The van der Waals surface area contributed by atoms with E-state index in [-0.39, 0.29) is 5.71 Å². The second-order valence-electron chi connectivity index (χ2n) is 7.03. The van der Waals surface area contributed by atoms with Crippen molar-refractivity contribution < 1.29 is 23.6 Å². The number of pyridine rings is 1. The first-order chi connectivity index (χ1) is 12.8. The molecular formula is C19H19N3O5. The largest absolute Gasteiger partial charge is 0.480 e. The highest BCUT2D eigenvalue weighted by atomic mass is 16.5. The summed E-state index contributed by atoms with van der Waals surface area (Å²) in [4.78, 5) is 29.1. The number of rotatable bonds is 4. The van der Waals surface area contributed by atoms with Gasteiger partial charge in [0.1, 0.15) is 17.1 Å². The molecule has 8 heteroatoms. The van der Waals surface area contributed by atoms with Gasteiger partial charge in [-0.1, -0.05) is 5.16 Å². The van der Waals surface area contributed by atoms with Crippen LogP contribution in [-0.2, 0) is 4.79 Å². The molecule has 0 bridgehead atoms. The Morgan fingerprint density at radius 3 is 2.52 bits per heavy atom. The minimum absolute atomic E-state index is 0.228. The summed E-state index contributed by atoms with van der Waals surface area (Å²) in [6, 6.07) is 3.46. The van der Waals surface area contributed by atoms with Crippen LogP contribution >= 0.6 is 0 Å². The van der Waals surface area contributed by atoms with Crippen molar-refractivity contribution in [3.63, 3.8) is 0 Å². The molecule has 1 aliphatic rings. The van der Waals surface area contributed by atoms with Gasteiger partial charge >= 0.3 is 5.97 Å². The van der Waals surface area contributed by atoms with Gasteiger partial charge in [-0.05, 0) is 52.2 Å². The molecule has 140 valence electrons. The molecule has 0 aromatic carbocycles. The van der Waals surface area contributed by atoms with Crippen LogP contribution in [0.5, 0.6) is 0 Å². The molecule has 1 amide bonds. The van der Waals surface area contributed by atoms with Gasteiger partial charge in [0.05, 0.1) is 22.3 Å². The Bertz CT molecular complexity index is 1070. The van der Waals surface area contributed by atoms with E-state index in [4.69, 9.17) is 8.94 Å². The van der Waals surface area contributed by atoms with Crippen LogP contribution in [-0.4, -0.2) is 32.7 Å². The average molecular weight is 369 g/mol. The van der Waals surface area contributed by atoms with Gasteiger partial charge in [-0.25, -0.2) is 9.78 Å². The van der Waals surface area contributed by atoms with Crippen LogP contribution < -0.4 is 5.32 Å². The maximum atomic E-state index is 13.0. The van der Waals surface area contributed by atoms with Gasteiger partial charge in [0.25, 0.3) is 11.6 Å². The van der Waals surface area contributed by atoms with Crippen molar-refractivity contribution in [3.05, 3.63) is 34.9 Å². The molecule has 3 aromatic rings. The molecule has 8 nitrogen and oxygen atoms in total. The zero-order valence-electron chi connectivity index (χ0n) is 15.3. The molecule has 3 heterocycles. The molecule has 2 N–H and O–H groups in total. The Labute approximate surface area is 154 Å². The monoisotopic (exact) mass is 369 g/mol. The van der Waals surface area contributed by atoms with Crippen molar-refractivity contribution in [3.8, 4) is 11.3 Å². The van der Waals surface area contributed by atoms with Crippen LogP contribution in [0.4, 0.5) is 0 Å². The van der Waals surface area contributed by atoms with E-state index >= 15 is 0 Å². The number of carboxylic acids is 1. The normalized spacial score (nSPS) is 15.5. The number of hydrogen-bond donors (Lipinski definition) is 2. The number of carboxylic acid groups (broad SMARTS) is 1. The molecule has 0 unspecified atom stereocenters. The Balaban J connectivity index is 1.83. The topological polar surface area (TPSA) is 118 Å². The Kier molecular flexibility index (Phi) is 3.80. The summed E-state index contributed by atoms with van der Waals surface area (Å²) in [6.07, 6.45) is 1.60. The number of carbonyl (C=O) groups is 2. The predicted molar refractivity (Wildman–Crippen MR) is 95.4 cm³/mol. The van der Waals surface area contributed by atoms with Crippen LogP contribution in [0.3, 0.4) is 0 Å². The number of aliphatic carboxylic acids is 1. The summed E-state index contributed by atoms with van der Waals surface area (Å²) in [6.45, 7) is 5.36. The molecule has 1 aliphatic carbocycles. The van der Waals surface area contributed by atoms with Crippen LogP contribution in [0, 0.1) is 20.8 Å². The van der Waals surface area contributed by atoms with Crippen molar-refractivity contribution in [2.24, 2.45) is 0 Å². The zero-order valence-corrected chi connectivity index (χ0v) is 15.3. The number of nitrogens with zero attached hydrogens (tertiary/aromatic N) is 2. The highest BCUT2D eigenvalue weighted by Crippen LogP contribution is 2.34. The zero-order chi connectivity index (χ0) is 19.3. The van der Waals surface area contributed by atoms with Gasteiger partial charge in [0, 0.05) is 5.56 Å². The molecule has 0 atom stereocenters. The fraction of sp³-hybridized carbons (Fsp3) is 0.368. The number of amides is 1. The molecule has 1 saturated carbocycles. The van der Waals surface area contributed by atoms with Crippen molar-refractivity contribution in [1.29, 1.82) is 0 Å². The lowest BCUT2D eigenvalue weighted by molar-refractivity contribution is -0.148. The predicted octanol–water partition coefficient (Wildman–Crippen LogP) is 3.15. The van der Waals surface area contributed by atoms with E-state index in [1.165, 1.54) is 0 Å². The quantitative estimate of drug-likeness (QED) is 0.725. The van der Waals surface area contributed by atoms with Crippen LogP contribution in [0.1, 0.15) is 46.8 Å². The van der Waals surface area contributed by atoms with Crippen LogP contribution in [0.2, 0.25) is 0 Å². The fourth-order valence-electron chi connectivity index (χ4n) is 3.50. The van der Waals surface area contributed by atoms with Gasteiger partial charge in [0.2, 0.25) is 0 Å². The van der Waals surface area contributed by atoms with Gasteiger partial charge in [-0.15, -0.1) is 0 Å². The minimum Gasteiger partial charge on any atom is -0.480 e. The molecular weight excluding hydrogens is 350 g/mol. The highest BCUT2D eigenvalue weighted by Gasteiger charge is 2.46. The fourth-order valence-corrected chi connectivity index (χ4v) is 3.50. The lowest BCUT2D eigenvalue weighted by atomic mass is 9.76. The van der Waals surface area contributed by atoms with Crippen LogP contribution in [0.25, 0.3) is 22.4 Å². The molecule has 1 fully saturated rings. The summed E-state index contributed by atoms with van der Waals surface area (Å²) < 4.78 is 10.8. The molecule has 0 radical (unpaired) electrons.